The van der Waals surface area contributed by atoms with Gasteiger partial charge < -0.3 is 33.2 Å². The maximum atomic E-state index is 12.7. The standard InChI is InChI=1S/C27H40O8S/c1-15-9-18(31-13-15)3-4-20-12-27(36)26(33-20)25-24(35-27)23(29-2)22-21(34-25)6-5-19(32-22)11-17(28)10-16-7-8-30-14-16/h16,18-26,36H,1,3-14H2,2H3/t16?,18?,19?,20?,21?,22-,23?,24?,25?,26?,27?/m0/s1. The predicted molar refractivity (Wildman–Crippen MR) is 133 cm³/mol. The summed E-state index contributed by atoms with van der Waals surface area (Å²) in [7, 11) is 1.70. The zero-order chi connectivity index (χ0) is 24.9. The van der Waals surface area contributed by atoms with Crippen LogP contribution in [0.5, 0.6) is 0 Å². The Morgan fingerprint density at radius 1 is 1.06 bits per heavy atom. The van der Waals surface area contributed by atoms with Crippen molar-refractivity contribution in [2.45, 2.75) is 118 Å². The molecule has 0 aliphatic carbocycles. The first kappa shape index (κ1) is 25.7. The zero-order valence-corrected chi connectivity index (χ0v) is 22.1. The average Bonchev–Trinajstić information content (AvgIpc) is 3.61. The van der Waals surface area contributed by atoms with E-state index in [1.807, 2.05) is 0 Å². The number of carbonyl (C=O) groups excluding carboxylic acids is 1. The molecule has 0 amide bonds. The van der Waals surface area contributed by atoms with E-state index in [1.54, 1.807) is 7.11 Å². The first-order valence-corrected chi connectivity index (χ1v) is 14.1. The van der Waals surface area contributed by atoms with Gasteiger partial charge in [-0.2, -0.15) is 0 Å². The van der Waals surface area contributed by atoms with Gasteiger partial charge in [0.1, 0.15) is 41.2 Å². The monoisotopic (exact) mass is 524 g/mol. The molecule has 6 aliphatic heterocycles. The van der Waals surface area contributed by atoms with Crippen LogP contribution in [0.4, 0.5) is 0 Å². The molecule has 0 aromatic carbocycles. The van der Waals surface area contributed by atoms with Crippen molar-refractivity contribution in [3.63, 3.8) is 0 Å². The number of Topliss-reactive ketones (excluding diaryl/α,β-unsaturated/α-hetero) is 1. The molecule has 202 valence electrons. The highest BCUT2D eigenvalue weighted by molar-refractivity contribution is 7.81. The Morgan fingerprint density at radius 2 is 1.92 bits per heavy atom. The third kappa shape index (κ3) is 5.07. The number of hydrogen-bond acceptors (Lipinski definition) is 9. The highest BCUT2D eigenvalue weighted by Gasteiger charge is 2.66. The third-order valence-electron chi connectivity index (χ3n) is 8.85. The molecule has 6 rings (SSSR count). The summed E-state index contributed by atoms with van der Waals surface area (Å²) in [6.45, 7) is 6.16. The van der Waals surface area contributed by atoms with Crippen LogP contribution in [-0.4, -0.2) is 92.6 Å². The molecule has 0 radical (unpaired) electrons. The van der Waals surface area contributed by atoms with E-state index in [4.69, 9.17) is 45.8 Å². The van der Waals surface area contributed by atoms with E-state index in [0.717, 1.165) is 45.1 Å². The van der Waals surface area contributed by atoms with Gasteiger partial charge in [0.25, 0.3) is 0 Å². The topological polar surface area (TPSA) is 81.7 Å². The van der Waals surface area contributed by atoms with Crippen LogP contribution in [0.2, 0.25) is 0 Å². The summed E-state index contributed by atoms with van der Waals surface area (Å²) in [5.41, 5.74) is 1.17. The molecule has 11 atom stereocenters. The average molecular weight is 525 g/mol. The second kappa shape index (κ2) is 10.6. The lowest BCUT2D eigenvalue weighted by Crippen LogP contribution is -2.62. The van der Waals surface area contributed by atoms with Crippen LogP contribution in [0, 0.1) is 5.92 Å². The van der Waals surface area contributed by atoms with Crippen molar-refractivity contribution < 1.29 is 38.0 Å². The SMILES string of the molecule is C=C1COC(CCC2CC3(S)OC4C(OC5CCC(CC(=O)CC6CCOC6)O[C@@H]5C4OC)C3O2)C1. The Hall–Kier alpha value is -0.520. The van der Waals surface area contributed by atoms with Crippen LogP contribution in [0.25, 0.3) is 0 Å². The number of ether oxygens (including phenoxy) is 7. The van der Waals surface area contributed by atoms with Gasteiger partial charge in [0.15, 0.2) is 0 Å². The Labute approximate surface area is 219 Å². The Kier molecular flexibility index (Phi) is 7.56. The van der Waals surface area contributed by atoms with Crippen LogP contribution < -0.4 is 0 Å². The van der Waals surface area contributed by atoms with Crippen molar-refractivity contribution in [1.82, 2.24) is 0 Å². The minimum Gasteiger partial charge on any atom is -0.381 e. The first-order valence-electron chi connectivity index (χ1n) is 13.7. The van der Waals surface area contributed by atoms with Crippen molar-refractivity contribution in [1.29, 1.82) is 0 Å². The Bertz CT molecular complexity index is 833. The van der Waals surface area contributed by atoms with Crippen molar-refractivity contribution in [2.24, 2.45) is 5.92 Å². The highest BCUT2D eigenvalue weighted by Crippen LogP contribution is 2.52. The van der Waals surface area contributed by atoms with Crippen LogP contribution in [-0.2, 0) is 38.0 Å². The van der Waals surface area contributed by atoms with E-state index in [9.17, 15) is 4.79 Å². The third-order valence-corrected chi connectivity index (χ3v) is 9.40. The van der Waals surface area contributed by atoms with Gasteiger partial charge in [0, 0.05) is 39.6 Å². The molecule has 6 fully saturated rings. The molecular formula is C27H40O8S. The molecule has 10 unspecified atom stereocenters. The van der Waals surface area contributed by atoms with Gasteiger partial charge in [-0.15, -0.1) is 12.6 Å². The van der Waals surface area contributed by atoms with Crippen LogP contribution in [0.15, 0.2) is 12.2 Å². The van der Waals surface area contributed by atoms with Gasteiger partial charge in [0.2, 0.25) is 0 Å². The molecule has 0 saturated carbocycles. The van der Waals surface area contributed by atoms with Crippen LogP contribution >= 0.6 is 12.6 Å². The number of hydrogen-bond donors (Lipinski definition) is 1. The summed E-state index contributed by atoms with van der Waals surface area (Å²) in [6.07, 6.45) is 5.84. The molecule has 6 saturated heterocycles. The fourth-order valence-corrected chi connectivity index (χ4v) is 7.60. The summed E-state index contributed by atoms with van der Waals surface area (Å²) in [6, 6.07) is 0. The highest BCUT2D eigenvalue weighted by atomic mass is 32.1. The molecule has 0 spiro atoms. The number of thiol groups is 1. The lowest BCUT2D eigenvalue weighted by Gasteiger charge is -2.47. The van der Waals surface area contributed by atoms with Crippen molar-refractivity contribution >= 4 is 18.4 Å². The normalized spacial score (nSPS) is 48.1. The van der Waals surface area contributed by atoms with E-state index in [1.165, 1.54) is 5.57 Å². The molecule has 0 N–H and O–H groups in total. The smallest absolute Gasteiger partial charge is 0.142 e. The van der Waals surface area contributed by atoms with E-state index in [2.05, 4.69) is 6.58 Å². The fourth-order valence-electron chi connectivity index (χ4n) is 7.07. The molecular weight excluding hydrogens is 484 g/mol. The molecule has 36 heavy (non-hydrogen) atoms. The molecule has 6 aliphatic rings. The molecule has 6 heterocycles. The van der Waals surface area contributed by atoms with Crippen molar-refractivity contribution in [3.05, 3.63) is 12.2 Å². The number of methoxy groups -OCH3 is 1. The molecule has 8 nitrogen and oxygen atoms in total. The molecule has 9 heteroatoms. The lowest BCUT2D eigenvalue weighted by molar-refractivity contribution is -0.269. The maximum Gasteiger partial charge on any atom is 0.142 e. The van der Waals surface area contributed by atoms with Gasteiger partial charge in [0.05, 0.1) is 31.0 Å². The van der Waals surface area contributed by atoms with Crippen molar-refractivity contribution in [2.75, 3.05) is 26.9 Å². The van der Waals surface area contributed by atoms with Gasteiger partial charge in [-0.1, -0.05) is 6.58 Å². The minimum absolute atomic E-state index is 0.0662. The number of ketones is 1. The molecule has 0 bridgehead atoms. The summed E-state index contributed by atoms with van der Waals surface area (Å²) >= 11 is 4.98. The van der Waals surface area contributed by atoms with E-state index >= 15 is 0 Å². The van der Waals surface area contributed by atoms with Crippen LogP contribution in [0.1, 0.15) is 57.8 Å². The van der Waals surface area contributed by atoms with E-state index < -0.39 is 4.93 Å². The second-order valence-electron chi connectivity index (χ2n) is 11.6. The Balaban J connectivity index is 1.05. The summed E-state index contributed by atoms with van der Waals surface area (Å²) in [5, 5.41) is 0. The van der Waals surface area contributed by atoms with Gasteiger partial charge >= 0.3 is 0 Å². The minimum atomic E-state index is -0.705. The van der Waals surface area contributed by atoms with Crippen molar-refractivity contribution in [3.8, 4) is 0 Å². The number of fused-ring (bicyclic) bond motifs is 4. The zero-order valence-electron chi connectivity index (χ0n) is 21.2. The lowest BCUT2D eigenvalue weighted by atomic mass is 9.87. The summed E-state index contributed by atoms with van der Waals surface area (Å²) in [4.78, 5) is 12.0. The van der Waals surface area contributed by atoms with Gasteiger partial charge in [-0.05, 0) is 50.0 Å². The maximum absolute atomic E-state index is 12.7. The summed E-state index contributed by atoms with van der Waals surface area (Å²) in [5.74, 6) is 0.608. The van der Waals surface area contributed by atoms with E-state index in [-0.39, 0.29) is 60.7 Å². The number of carbonyl (C=O) groups is 1. The fraction of sp³-hybridized carbons (Fsp3) is 0.889. The molecule has 0 aromatic heterocycles. The molecule has 0 aromatic rings. The quantitative estimate of drug-likeness (QED) is 0.383. The first-order chi connectivity index (χ1) is 17.4. The Morgan fingerprint density at radius 3 is 2.67 bits per heavy atom. The predicted octanol–water partition coefficient (Wildman–Crippen LogP) is 3.01. The van der Waals surface area contributed by atoms with Gasteiger partial charge in [-0.3, -0.25) is 4.79 Å². The van der Waals surface area contributed by atoms with E-state index in [0.29, 0.717) is 38.4 Å². The largest absolute Gasteiger partial charge is 0.381 e. The summed E-state index contributed by atoms with van der Waals surface area (Å²) < 4.78 is 43.2. The van der Waals surface area contributed by atoms with Gasteiger partial charge in [-0.25, -0.2) is 0 Å². The number of rotatable bonds is 8. The second-order valence-corrected chi connectivity index (χ2v) is 12.3. The van der Waals surface area contributed by atoms with Crippen LogP contribution in [0.3, 0.4) is 0 Å².